The van der Waals surface area contributed by atoms with Gasteiger partial charge < -0.3 is 24.4 Å². The number of hydrogen-bond acceptors (Lipinski definition) is 5. The quantitative estimate of drug-likeness (QED) is 0.349. The van der Waals surface area contributed by atoms with Crippen molar-refractivity contribution in [3.63, 3.8) is 0 Å². The molecule has 0 radical (unpaired) electrons. The maximum absolute atomic E-state index is 6.49. The van der Waals surface area contributed by atoms with Crippen LogP contribution in [0.25, 0.3) is 12.2 Å². The van der Waals surface area contributed by atoms with Gasteiger partial charge in [0.25, 0.3) is 8.32 Å². The number of nitrogen functional groups attached to an aromatic ring is 1. The number of hydrogen-bond donors (Lipinski definition) is 1. The van der Waals surface area contributed by atoms with Gasteiger partial charge in [0.15, 0.2) is 17.2 Å². The third kappa shape index (κ3) is 5.26. The number of methoxy groups -OCH3 is 3. The van der Waals surface area contributed by atoms with Crippen LogP contribution < -0.4 is 24.4 Å². The second-order valence-corrected chi connectivity index (χ2v) is 13.2. The molecule has 0 atom stereocenters. The van der Waals surface area contributed by atoms with Crippen LogP contribution in [-0.4, -0.2) is 29.6 Å². The van der Waals surface area contributed by atoms with E-state index in [9.17, 15) is 0 Å². The molecule has 0 saturated heterocycles. The maximum atomic E-state index is 6.49. The van der Waals surface area contributed by atoms with Crippen molar-refractivity contribution in [1.29, 1.82) is 0 Å². The summed E-state index contributed by atoms with van der Waals surface area (Å²) in [5, 5.41) is 0.0982. The van der Waals surface area contributed by atoms with Crippen LogP contribution in [0.4, 0.5) is 5.69 Å². The van der Waals surface area contributed by atoms with E-state index in [-0.39, 0.29) is 5.04 Å². The van der Waals surface area contributed by atoms with Gasteiger partial charge in [-0.25, -0.2) is 0 Å². The van der Waals surface area contributed by atoms with Gasteiger partial charge in [0, 0.05) is 0 Å². The van der Waals surface area contributed by atoms with Gasteiger partial charge in [-0.1, -0.05) is 39.0 Å². The van der Waals surface area contributed by atoms with Crippen molar-refractivity contribution in [3.05, 3.63) is 41.5 Å². The molecule has 5 nitrogen and oxygen atoms in total. The number of benzene rings is 2. The second-order valence-electron chi connectivity index (χ2n) is 8.45. The molecular weight excluding hydrogens is 382 g/mol. The summed E-state index contributed by atoms with van der Waals surface area (Å²) < 4.78 is 22.7. The summed E-state index contributed by atoms with van der Waals surface area (Å²) in [6, 6.07) is 9.69. The molecular formula is C23H33NO4Si. The van der Waals surface area contributed by atoms with Crippen molar-refractivity contribution < 1.29 is 18.6 Å². The predicted octanol–water partition coefficient (Wildman–Crippen LogP) is 5.85. The lowest BCUT2D eigenvalue weighted by molar-refractivity contribution is 0.356. The van der Waals surface area contributed by atoms with Gasteiger partial charge in [-0.3, -0.25) is 0 Å². The first kappa shape index (κ1) is 22.7. The minimum atomic E-state index is -1.98. The van der Waals surface area contributed by atoms with Crippen molar-refractivity contribution in [3.8, 4) is 23.0 Å². The molecule has 158 valence electrons. The summed E-state index contributed by atoms with van der Waals surface area (Å²) in [7, 11) is 2.85. The normalized spacial score (nSPS) is 12.1. The number of anilines is 1. The van der Waals surface area contributed by atoms with Gasteiger partial charge in [-0.2, -0.15) is 0 Å². The summed E-state index contributed by atoms with van der Waals surface area (Å²) in [4.78, 5) is 0. The number of ether oxygens (including phenoxy) is 3. The predicted molar refractivity (Wildman–Crippen MR) is 124 cm³/mol. The molecule has 2 rings (SSSR count). The third-order valence-corrected chi connectivity index (χ3v) is 9.70. The molecule has 0 fully saturated rings. The molecule has 0 unspecified atom stereocenters. The van der Waals surface area contributed by atoms with E-state index in [1.165, 1.54) is 0 Å². The van der Waals surface area contributed by atoms with Crippen LogP contribution in [0.3, 0.4) is 0 Å². The first-order chi connectivity index (χ1) is 13.5. The van der Waals surface area contributed by atoms with Crippen molar-refractivity contribution in [2.24, 2.45) is 0 Å². The van der Waals surface area contributed by atoms with Gasteiger partial charge >= 0.3 is 0 Å². The Morgan fingerprint density at radius 2 is 1.38 bits per heavy atom. The second kappa shape index (κ2) is 8.82. The van der Waals surface area contributed by atoms with Crippen LogP contribution in [0.15, 0.2) is 30.3 Å². The highest BCUT2D eigenvalue weighted by Gasteiger charge is 2.39. The van der Waals surface area contributed by atoms with Crippen molar-refractivity contribution in [2.75, 3.05) is 27.1 Å². The van der Waals surface area contributed by atoms with Gasteiger partial charge in [0.05, 0.1) is 27.0 Å². The Labute approximate surface area is 175 Å². The highest BCUT2D eigenvalue weighted by molar-refractivity contribution is 6.74. The van der Waals surface area contributed by atoms with Crippen LogP contribution in [0.2, 0.25) is 18.1 Å². The lowest BCUT2D eigenvalue weighted by Crippen LogP contribution is -2.43. The van der Waals surface area contributed by atoms with E-state index in [0.717, 1.165) is 22.6 Å². The Morgan fingerprint density at radius 3 is 1.93 bits per heavy atom. The molecule has 0 aromatic heterocycles. The zero-order valence-electron chi connectivity index (χ0n) is 18.8. The summed E-state index contributed by atoms with van der Waals surface area (Å²) in [5.41, 5.74) is 8.54. The van der Waals surface area contributed by atoms with Crippen LogP contribution in [-0.2, 0) is 0 Å². The summed E-state index contributed by atoms with van der Waals surface area (Å²) >= 11 is 0. The topological polar surface area (TPSA) is 62.9 Å². The van der Waals surface area contributed by atoms with E-state index in [1.54, 1.807) is 21.3 Å². The average molecular weight is 416 g/mol. The third-order valence-electron chi connectivity index (χ3n) is 5.36. The van der Waals surface area contributed by atoms with Gasteiger partial charge in [0.2, 0.25) is 0 Å². The smallest absolute Gasteiger partial charge is 0.250 e. The maximum Gasteiger partial charge on any atom is 0.250 e. The van der Waals surface area contributed by atoms with Crippen LogP contribution >= 0.6 is 0 Å². The van der Waals surface area contributed by atoms with Crippen LogP contribution in [0, 0.1) is 0 Å². The van der Waals surface area contributed by atoms with Gasteiger partial charge in [0.1, 0.15) is 5.75 Å². The molecule has 0 bridgehead atoms. The zero-order valence-corrected chi connectivity index (χ0v) is 19.8. The SMILES string of the molecule is COc1ccc(/C=C\c2cc(N)c(OC)c(OC)c2)cc1O[Si](C)(C)C(C)(C)C. The fourth-order valence-corrected chi connectivity index (χ4v) is 3.62. The highest BCUT2D eigenvalue weighted by Crippen LogP contribution is 2.40. The largest absolute Gasteiger partial charge is 0.541 e. The van der Waals surface area contributed by atoms with E-state index in [0.29, 0.717) is 17.2 Å². The average Bonchev–Trinajstić information content (AvgIpc) is 2.64. The minimum absolute atomic E-state index is 0.0982. The van der Waals surface area contributed by atoms with E-state index in [1.807, 2.05) is 42.5 Å². The highest BCUT2D eigenvalue weighted by atomic mass is 28.4. The molecule has 29 heavy (non-hydrogen) atoms. The van der Waals surface area contributed by atoms with E-state index >= 15 is 0 Å². The monoisotopic (exact) mass is 415 g/mol. The van der Waals surface area contributed by atoms with Gasteiger partial charge in [-0.15, -0.1) is 0 Å². The summed E-state index contributed by atoms with van der Waals surface area (Å²) in [5.74, 6) is 2.65. The van der Waals surface area contributed by atoms with E-state index in [4.69, 9.17) is 24.4 Å². The minimum Gasteiger partial charge on any atom is -0.541 e. The van der Waals surface area contributed by atoms with Crippen molar-refractivity contribution >= 4 is 26.2 Å². The lowest BCUT2D eigenvalue weighted by Gasteiger charge is -2.36. The standard InChI is InChI=1S/C23H33NO4Si/c1-23(2,3)29(7,8)28-20-14-16(11-12-19(20)25-4)9-10-17-13-18(24)22(27-6)21(15-17)26-5/h9-15H,24H2,1-8H3/b10-9-. The Bertz CT molecular complexity index is 885. The van der Waals surface area contributed by atoms with Crippen molar-refractivity contribution in [1.82, 2.24) is 0 Å². The van der Waals surface area contributed by atoms with Crippen molar-refractivity contribution in [2.45, 2.75) is 38.9 Å². The molecule has 0 aliphatic carbocycles. The Kier molecular flexibility index (Phi) is 6.90. The molecule has 0 spiro atoms. The summed E-state index contributed by atoms with van der Waals surface area (Å²) in [6.07, 6.45) is 3.99. The molecule has 6 heteroatoms. The fraction of sp³-hybridized carbons (Fsp3) is 0.391. The molecule has 0 amide bonds. The molecule has 2 aromatic rings. The Hall–Kier alpha value is -2.60. The van der Waals surface area contributed by atoms with Crippen LogP contribution in [0.5, 0.6) is 23.0 Å². The summed E-state index contributed by atoms with van der Waals surface area (Å²) in [6.45, 7) is 11.1. The van der Waals surface area contributed by atoms with E-state index in [2.05, 4.69) is 33.9 Å². The lowest BCUT2D eigenvalue weighted by atomic mass is 10.1. The molecule has 0 heterocycles. The molecule has 2 aromatic carbocycles. The fourth-order valence-electron chi connectivity index (χ4n) is 2.61. The Morgan fingerprint density at radius 1 is 0.793 bits per heavy atom. The first-order valence-electron chi connectivity index (χ1n) is 9.59. The van der Waals surface area contributed by atoms with Crippen LogP contribution in [0.1, 0.15) is 31.9 Å². The number of rotatable bonds is 7. The van der Waals surface area contributed by atoms with E-state index < -0.39 is 8.32 Å². The molecule has 0 saturated carbocycles. The Balaban J connectivity index is 2.36. The zero-order chi connectivity index (χ0) is 21.8. The molecule has 2 N–H and O–H groups in total. The molecule has 0 aliphatic heterocycles. The van der Waals surface area contributed by atoms with Gasteiger partial charge in [-0.05, 0) is 53.5 Å². The first-order valence-corrected chi connectivity index (χ1v) is 12.5. The number of nitrogens with two attached hydrogens (primary N) is 1. The molecule has 0 aliphatic rings.